The third-order valence-electron chi connectivity index (χ3n) is 7.45. The highest BCUT2D eigenvalue weighted by Gasteiger charge is 2.21. The van der Waals surface area contributed by atoms with Gasteiger partial charge in [0.05, 0.1) is 22.4 Å². The van der Waals surface area contributed by atoms with Crippen molar-refractivity contribution in [3.05, 3.63) is 133 Å². The van der Waals surface area contributed by atoms with E-state index >= 15 is 0 Å². The SMILES string of the molecule is CC(C)(C)c1ccc(N2NC=CN2c2cccc(Oc3ccc4c5ccccc5n(-c5ccccn5)c4c3)c2)cc1. The molecular weight excluding hydrogens is 506 g/mol. The van der Waals surface area contributed by atoms with Crippen molar-refractivity contribution in [2.45, 2.75) is 26.2 Å². The van der Waals surface area contributed by atoms with E-state index in [1.165, 1.54) is 10.9 Å². The Hall–Kier alpha value is -5.23. The molecule has 6 heteroatoms. The van der Waals surface area contributed by atoms with Crippen LogP contribution in [0.4, 0.5) is 11.4 Å². The summed E-state index contributed by atoms with van der Waals surface area (Å²) in [6, 6.07) is 37.4. The van der Waals surface area contributed by atoms with Crippen LogP contribution in [-0.2, 0) is 5.41 Å². The van der Waals surface area contributed by atoms with E-state index in [9.17, 15) is 0 Å². The van der Waals surface area contributed by atoms with Gasteiger partial charge in [0.2, 0.25) is 0 Å². The number of rotatable bonds is 5. The fourth-order valence-corrected chi connectivity index (χ4v) is 5.38. The van der Waals surface area contributed by atoms with Gasteiger partial charge >= 0.3 is 0 Å². The maximum absolute atomic E-state index is 6.44. The van der Waals surface area contributed by atoms with E-state index in [4.69, 9.17) is 4.74 Å². The molecule has 1 aliphatic heterocycles. The zero-order chi connectivity index (χ0) is 28.0. The van der Waals surface area contributed by atoms with Crippen LogP contribution >= 0.6 is 0 Å². The standard InChI is InChI=1S/C35H31N5O/c1-35(2,3)25-14-16-26(17-15-25)40-37-21-22-38(40)27-9-8-10-28(23-27)41-29-18-19-31-30-11-4-5-12-32(30)39(33(31)24-29)34-13-6-7-20-36-34/h4-24,37H,1-3H3. The molecule has 1 N–H and O–H groups in total. The fourth-order valence-electron chi connectivity index (χ4n) is 5.38. The van der Waals surface area contributed by atoms with Gasteiger partial charge in [-0.2, -0.15) is 5.12 Å². The summed E-state index contributed by atoms with van der Waals surface area (Å²) in [6.07, 6.45) is 5.76. The van der Waals surface area contributed by atoms with E-state index in [1.807, 2.05) is 66.2 Å². The minimum Gasteiger partial charge on any atom is -0.457 e. The van der Waals surface area contributed by atoms with Crippen LogP contribution in [-0.4, -0.2) is 9.55 Å². The second-order valence-corrected chi connectivity index (χ2v) is 11.2. The van der Waals surface area contributed by atoms with E-state index in [-0.39, 0.29) is 5.41 Å². The number of aromatic nitrogens is 2. The van der Waals surface area contributed by atoms with Crippen molar-refractivity contribution in [2.24, 2.45) is 0 Å². The summed E-state index contributed by atoms with van der Waals surface area (Å²) in [5.41, 5.74) is 8.93. The van der Waals surface area contributed by atoms with Crippen LogP contribution in [0, 0.1) is 0 Å². The van der Waals surface area contributed by atoms with E-state index in [2.05, 4.69) is 107 Å². The summed E-state index contributed by atoms with van der Waals surface area (Å²) in [6.45, 7) is 6.68. The van der Waals surface area contributed by atoms with Gasteiger partial charge in [0.1, 0.15) is 17.3 Å². The van der Waals surface area contributed by atoms with Crippen LogP contribution in [0.15, 0.2) is 128 Å². The Morgan fingerprint density at radius 3 is 2.27 bits per heavy atom. The largest absolute Gasteiger partial charge is 0.457 e. The van der Waals surface area contributed by atoms with Crippen molar-refractivity contribution in [1.82, 2.24) is 15.0 Å². The molecule has 0 radical (unpaired) electrons. The molecule has 7 rings (SSSR count). The third-order valence-corrected chi connectivity index (χ3v) is 7.45. The minimum absolute atomic E-state index is 0.107. The zero-order valence-electron chi connectivity index (χ0n) is 23.3. The van der Waals surface area contributed by atoms with Gasteiger partial charge < -0.3 is 4.74 Å². The summed E-state index contributed by atoms with van der Waals surface area (Å²) in [4.78, 5) is 4.64. The molecule has 0 spiro atoms. The van der Waals surface area contributed by atoms with E-state index < -0.39 is 0 Å². The van der Waals surface area contributed by atoms with E-state index in [1.54, 1.807) is 0 Å². The molecule has 0 saturated heterocycles. The molecule has 0 unspecified atom stereocenters. The summed E-state index contributed by atoms with van der Waals surface area (Å²) < 4.78 is 8.64. The molecule has 3 heterocycles. The molecule has 1 aliphatic rings. The van der Waals surface area contributed by atoms with Crippen LogP contribution in [0.5, 0.6) is 11.5 Å². The molecule has 2 aromatic heterocycles. The van der Waals surface area contributed by atoms with Crippen LogP contribution in [0.1, 0.15) is 26.3 Å². The second kappa shape index (κ2) is 9.75. The van der Waals surface area contributed by atoms with Gasteiger partial charge in [-0.1, -0.05) is 63.2 Å². The molecule has 0 aliphatic carbocycles. The molecule has 0 amide bonds. The predicted molar refractivity (Wildman–Crippen MR) is 167 cm³/mol. The van der Waals surface area contributed by atoms with Crippen LogP contribution in [0.2, 0.25) is 0 Å². The van der Waals surface area contributed by atoms with Gasteiger partial charge in [0.25, 0.3) is 0 Å². The smallest absolute Gasteiger partial charge is 0.137 e. The third kappa shape index (κ3) is 4.53. The number of nitrogens with one attached hydrogen (secondary N) is 1. The normalized spacial score (nSPS) is 13.2. The molecular formula is C35H31N5O. The zero-order valence-corrected chi connectivity index (χ0v) is 23.3. The number of benzene rings is 4. The number of nitrogens with zero attached hydrogens (tertiary/aromatic N) is 4. The molecule has 0 fully saturated rings. The molecule has 4 aromatic carbocycles. The lowest BCUT2D eigenvalue weighted by molar-refractivity contribution is 0.483. The molecule has 0 saturated carbocycles. The second-order valence-electron chi connectivity index (χ2n) is 11.2. The summed E-state index contributed by atoms with van der Waals surface area (Å²) >= 11 is 0. The van der Waals surface area contributed by atoms with Gasteiger partial charge in [-0.05, 0) is 65.6 Å². The van der Waals surface area contributed by atoms with Crippen molar-refractivity contribution in [3.63, 3.8) is 0 Å². The predicted octanol–water partition coefficient (Wildman–Crippen LogP) is 8.49. The topological polar surface area (TPSA) is 45.6 Å². The number of hydrogen-bond acceptors (Lipinski definition) is 5. The van der Waals surface area contributed by atoms with Crippen molar-refractivity contribution in [1.29, 1.82) is 0 Å². The van der Waals surface area contributed by atoms with Crippen molar-refractivity contribution in [2.75, 3.05) is 10.1 Å². The first-order chi connectivity index (χ1) is 20.0. The first kappa shape index (κ1) is 24.8. The van der Waals surface area contributed by atoms with Gasteiger partial charge in [-0.25, -0.2) is 9.99 Å². The first-order valence-corrected chi connectivity index (χ1v) is 13.8. The Morgan fingerprint density at radius 1 is 0.683 bits per heavy atom. The minimum atomic E-state index is 0.107. The Morgan fingerprint density at radius 2 is 1.46 bits per heavy atom. The Bertz CT molecular complexity index is 1880. The quantitative estimate of drug-likeness (QED) is 0.239. The summed E-state index contributed by atoms with van der Waals surface area (Å²) in [5, 5.41) is 6.43. The molecule has 0 atom stereocenters. The summed E-state index contributed by atoms with van der Waals surface area (Å²) in [5.74, 6) is 2.40. The maximum atomic E-state index is 6.44. The number of ether oxygens (including phenoxy) is 1. The van der Waals surface area contributed by atoms with Crippen LogP contribution in [0.25, 0.3) is 27.6 Å². The lowest BCUT2D eigenvalue weighted by atomic mass is 9.87. The molecule has 6 nitrogen and oxygen atoms in total. The number of fused-ring (bicyclic) bond motifs is 3. The van der Waals surface area contributed by atoms with Crippen LogP contribution in [0.3, 0.4) is 0 Å². The highest BCUT2D eigenvalue weighted by Crippen LogP contribution is 2.36. The van der Waals surface area contributed by atoms with E-state index in [0.717, 1.165) is 45.1 Å². The van der Waals surface area contributed by atoms with Crippen molar-refractivity contribution in [3.8, 4) is 17.3 Å². The van der Waals surface area contributed by atoms with E-state index in [0.29, 0.717) is 0 Å². The van der Waals surface area contributed by atoms with Gasteiger partial charge in [0, 0.05) is 41.5 Å². The number of pyridine rings is 1. The van der Waals surface area contributed by atoms with Crippen molar-refractivity contribution < 1.29 is 4.74 Å². The molecule has 6 aromatic rings. The number of para-hydroxylation sites is 1. The van der Waals surface area contributed by atoms with Gasteiger partial charge in [-0.3, -0.25) is 9.99 Å². The Balaban J connectivity index is 1.21. The Labute approximate surface area is 239 Å². The Kier molecular flexibility index (Phi) is 5.89. The number of anilines is 2. The molecule has 41 heavy (non-hydrogen) atoms. The van der Waals surface area contributed by atoms with Gasteiger partial charge in [0.15, 0.2) is 0 Å². The lowest BCUT2D eigenvalue weighted by Gasteiger charge is -2.31. The highest BCUT2D eigenvalue weighted by atomic mass is 16.5. The number of hydrogen-bond donors (Lipinski definition) is 1. The maximum Gasteiger partial charge on any atom is 0.137 e. The van der Waals surface area contributed by atoms with Crippen molar-refractivity contribution >= 4 is 33.2 Å². The van der Waals surface area contributed by atoms with Gasteiger partial charge in [-0.15, -0.1) is 0 Å². The molecule has 0 bridgehead atoms. The first-order valence-electron chi connectivity index (χ1n) is 13.8. The molecule has 202 valence electrons. The average molecular weight is 538 g/mol. The van der Waals surface area contributed by atoms with Crippen LogP contribution < -0.4 is 20.3 Å². The highest BCUT2D eigenvalue weighted by molar-refractivity contribution is 6.09. The lowest BCUT2D eigenvalue weighted by Crippen LogP contribution is -2.42. The summed E-state index contributed by atoms with van der Waals surface area (Å²) in [7, 11) is 0. The number of hydrazine groups is 2. The fraction of sp³-hybridized carbons (Fsp3) is 0.114. The average Bonchev–Trinajstić information content (AvgIpc) is 3.61. The monoisotopic (exact) mass is 537 g/mol.